The van der Waals surface area contributed by atoms with Crippen LogP contribution in [-0.4, -0.2) is 15.9 Å². The second kappa shape index (κ2) is 7.44. The summed E-state index contributed by atoms with van der Waals surface area (Å²) in [4.78, 5) is 20.8. The van der Waals surface area contributed by atoms with E-state index in [-0.39, 0.29) is 5.91 Å². The Kier molecular flexibility index (Phi) is 5.09. The molecule has 0 aliphatic carbocycles. The average molecular weight is 353 g/mol. The molecule has 0 unspecified atom stereocenters. The van der Waals surface area contributed by atoms with Gasteiger partial charge in [0.2, 0.25) is 0 Å². The number of thiazole rings is 1. The van der Waals surface area contributed by atoms with Crippen molar-refractivity contribution in [1.29, 1.82) is 0 Å². The van der Waals surface area contributed by atoms with Crippen LogP contribution in [0.1, 0.15) is 32.7 Å². The maximum atomic E-state index is 12.4. The molecular weight excluding hydrogens is 334 g/mol. The molecule has 5 nitrogen and oxygen atoms in total. The number of amides is 1. The van der Waals surface area contributed by atoms with E-state index in [4.69, 9.17) is 4.74 Å². The largest absolute Gasteiger partial charge is 0.488 e. The smallest absolute Gasteiger partial charge is 0.257 e. The van der Waals surface area contributed by atoms with E-state index < -0.39 is 0 Å². The van der Waals surface area contributed by atoms with E-state index >= 15 is 0 Å². The lowest BCUT2D eigenvalue weighted by atomic mass is 10.1. The number of anilines is 1. The van der Waals surface area contributed by atoms with Gasteiger partial charge in [0.15, 0.2) is 5.13 Å². The minimum Gasteiger partial charge on any atom is -0.488 e. The van der Waals surface area contributed by atoms with Gasteiger partial charge >= 0.3 is 0 Å². The first-order valence-electron chi connectivity index (χ1n) is 7.89. The highest BCUT2D eigenvalue weighted by Gasteiger charge is 2.13. The molecule has 1 aromatic carbocycles. The van der Waals surface area contributed by atoms with E-state index in [0.717, 1.165) is 28.1 Å². The van der Waals surface area contributed by atoms with Crippen LogP contribution in [0.5, 0.6) is 5.75 Å². The molecule has 0 spiro atoms. The summed E-state index contributed by atoms with van der Waals surface area (Å²) in [6.07, 6.45) is 3.51. The van der Waals surface area contributed by atoms with E-state index in [0.29, 0.717) is 17.3 Å². The highest BCUT2D eigenvalue weighted by atomic mass is 32.1. The average Bonchev–Trinajstić information content (AvgIpc) is 2.99. The third kappa shape index (κ3) is 4.22. The van der Waals surface area contributed by atoms with Crippen LogP contribution in [0.15, 0.2) is 42.0 Å². The summed E-state index contributed by atoms with van der Waals surface area (Å²) >= 11 is 1.42. The Hall–Kier alpha value is -2.73. The number of nitrogens with one attached hydrogen (secondary N) is 1. The van der Waals surface area contributed by atoms with Crippen LogP contribution in [0, 0.1) is 20.8 Å². The molecule has 0 atom stereocenters. The van der Waals surface area contributed by atoms with Gasteiger partial charge in [-0.15, -0.1) is 11.3 Å². The van der Waals surface area contributed by atoms with E-state index in [1.54, 1.807) is 12.4 Å². The molecular formula is C19H19N3O2S. The second-order valence-corrected chi connectivity index (χ2v) is 6.70. The molecule has 0 saturated heterocycles. The van der Waals surface area contributed by atoms with Gasteiger partial charge in [0.1, 0.15) is 12.4 Å². The zero-order chi connectivity index (χ0) is 17.8. The van der Waals surface area contributed by atoms with E-state index in [2.05, 4.69) is 15.3 Å². The zero-order valence-electron chi connectivity index (χ0n) is 14.4. The summed E-state index contributed by atoms with van der Waals surface area (Å²) in [5.41, 5.74) is 4.33. The molecule has 0 fully saturated rings. The van der Waals surface area contributed by atoms with Crippen LogP contribution < -0.4 is 10.1 Å². The fourth-order valence-electron chi connectivity index (χ4n) is 2.53. The molecule has 0 saturated carbocycles. The van der Waals surface area contributed by atoms with Crippen LogP contribution in [0.3, 0.4) is 0 Å². The Morgan fingerprint density at radius 2 is 2.00 bits per heavy atom. The molecule has 2 aromatic heterocycles. The summed E-state index contributed by atoms with van der Waals surface area (Å²) < 4.78 is 5.93. The van der Waals surface area contributed by atoms with Gasteiger partial charge in [-0.05, 0) is 50.1 Å². The summed E-state index contributed by atoms with van der Waals surface area (Å²) in [6, 6.07) is 7.52. The van der Waals surface area contributed by atoms with Crippen molar-refractivity contribution in [3.05, 3.63) is 70.0 Å². The lowest BCUT2D eigenvalue weighted by Crippen LogP contribution is -2.12. The van der Waals surface area contributed by atoms with Gasteiger partial charge < -0.3 is 4.74 Å². The number of ether oxygens (including phenoxy) is 1. The van der Waals surface area contributed by atoms with Crippen LogP contribution in [-0.2, 0) is 6.61 Å². The van der Waals surface area contributed by atoms with Crippen molar-refractivity contribution >= 4 is 22.4 Å². The number of carbonyl (C=O) groups is 1. The minimum atomic E-state index is -0.167. The number of aromatic nitrogens is 2. The Labute approximate surface area is 150 Å². The molecule has 128 valence electrons. The first-order valence-corrected chi connectivity index (χ1v) is 8.77. The quantitative estimate of drug-likeness (QED) is 0.743. The number of nitrogens with zero attached hydrogens (tertiary/aromatic N) is 2. The predicted molar refractivity (Wildman–Crippen MR) is 99.3 cm³/mol. The summed E-state index contributed by atoms with van der Waals surface area (Å²) in [6.45, 7) is 6.22. The van der Waals surface area contributed by atoms with Gasteiger partial charge in [0.25, 0.3) is 5.91 Å². The Morgan fingerprint density at radius 3 is 2.60 bits per heavy atom. The highest BCUT2D eigenvalue weighted by molar-refractivity contribution is 7.13. The summed E-state index contributed by atoms with van der Waals surface area (Å²) in [7, 11) is 0. The number of aryl methyl sites for hydroxylation is 3. The van der Waals surface area contributed by atoms with Crippen molar-refractivity contribution < 1.29 is 9.53 Å². The lowest BCUT2D eigenvalue weighted by Gasteiger charge is -2.14. The van der Waals surface area contributed by atoms with Crippen LogP contribution in [0.2, 0.25) is 0 Å². The predicted octanol–water partition coefficient (Wildman–Crippen LogP) is 4.29. The number of carbonyl (C=O) groups excluding carboxylic acids is 1. The Balaban J connectivity index is 1.74. The van der Waals surface area contributed by atoms with Crippen LogP contribution >= 0.6 is 11.3 Å². The third-order valence-corrected chi connectivity index (χ3v) is 4.54. The molecule has 0 bridgehead atoms. The van der Waals surface area contributed by atoms with Gasteiger partial charge in [-0.25, -0.2) is 4.98 Å². The molecule has 3 aromatic rings. The molecule has 0 aliphatic heterocycles. The maximum Gasteiger partial charge on any atom is 0.257 e. The van der Waals surface area contributed by atoms with Crippen molar-refractivity contribution in [2.75, 3.05) is 5.32 Å². The molecule has 3 rings (SSSR count). The van der Waals surface area contributed by atoms with E-state index in [1.807, 2.05) is 50.4 Å². The highest BCUT2D eigenvalue weighted by Crippen LogP contribution is 2.26. The van der Waals surface area contributed by atoms with Gasteiger partial charge in [-0.1, -0.05) is 6.07 Å². The molecule has 25 heavy (non-hydrogen) atoms. The number of pyridine rings is 1. The standard InChI is InChI=1S/C19H19N3O2S/c1-12-7-16(18(23)22-19-21-14(3)11-25-19)8-13(2)17(12)24-10-15-5-4-6-20-9-15/h4-9,11H,10H2,1-3H3,(H,21,22,23). The van der Waals surface area contributed by atoms with Gasteiger partial charge in [0, 0.05) is 28.9 Å². The van der Waals surface area contributed by atoms with E-state index in [1.165, 1.54) is 11.3 Å². The van der Waals surface area contributed by atoms with Crippen LogP contribution in [0.4, 0.5) is 5.13 Å². The Morgan fingerprint density at radius 1 is 1.24 bits per heavy atom. The topological polar surface area (TPSA) is 64.1 Å². The third-order valence-electron chi connectivity index (χ3n) is 3.67. The van der Waals surface area contributed by atoms with Gasteiger partial charge in [-0.2, -0.15) is 0 Å². The molecule has 2 heterocycles. The molecule has 1 N–H and O–H groups in total. The van der Waals surface area contributed by atoms with Gasteiger partial charge in [-0.3, -0.25) is 15.1 Å². The monoisotopic (exact) mass is 353 g/mol. The first-order chi connectivity index (χ1) is 12.0. The SMILES string of the molecule is Cc1csc(NC(=O)c2cc(C)c(OCc3cccnc3)c(C)c2)n1. The van der Waals surface area contributed by atoms with Crippen molar-refractivity contribution in [2.24, 2.45) is 0 Å². The minimum absolute atomic E-state index is 0.167. The second-order valence-electron chi connectivity index (χ2n) is 5.84. The van der Waals surface area contributed by atoms with Gasteiger partial charge in [0.05, 0.1) is 5.69 Å². The van der Waals surface area contributed by atoms with Crippen molar-refractivity contribution in [1.82, 2.24) is 9.97 Å². The number of rotatable bonds is 5. The van der Waals surface area contributed by atoms with Crippen molar-refractivity contribution in [3.63, 3.8) is 0 Å². The zero-order valence-corrected chi connectivity index (χ0v) is 15.2. The van der Waals surface area contributed by atoms with Crippen molar-refractivity contribution in [3.8, 4) is 5.75 Å². The summed E-state index contributed by atoms with van der Waals surface area (Å²) in [5, 5.41) is 5.34. The number of hydrogen-bond acceptors (Lipinski definition) is 5. The molecule has 1 amide bonds. The number of hydrogen-bond donors (Lipinski definition) is 1. The van der Waals surface area contributed by atoms with Crippen LogP contribution in [0.25, 0.3) is 0 Å². The first kappa shape index (κ1) is 17.1. The molecule has 0 aliphatic rings. The van der Waals surface area contributed by atoms with E-state index in [9.17, 15) is 4.79 Å². The number of benzene rings is 1. The lowest BCUT2D eigenvalue weighted by molar-refractivity contribution is 0.102. The molecule has 6 heteroatoms. The normalized spacial score (nSPS) is 10.5. The summed E-state index contributed by atoms with van der Waals surface area (Å²) in [5.74, 6) is 0.629. The maximum absolute atomic E-state index is 12.4. The Bertz CT molecular complexity index is 868. The van der Waals surface area contributed by atoms with Crippen molar-refractivity contribution in [2.45, 2.75) is 27.4 Å². The molecule has 0 radical (unpaired) electrons. The fraction of sp³-hybridized carbons (Fsp3) is 0.211. The fourth-order valence-corrected chi connectivity index (χ4v) is 3.21.